The Morgan fingerprint density at radius 3 is 1.32 bits per heavy atom. The lowest BCUT2D eigenvalue weighted by molar-refractivity contribution is -0.140. The number of aliphatic carboxylic acids is 1. The molecule has 0 aromatic heterocycles. The highest BCUT2D eigenvalue weighted by atomic mass is 16.4. The van der Waals surface area contributed by atoms with Crippen LogP contribution in [0.4, 0.5) is 0 Å². The number of Topliss-reactive ketones (excluding diaryl/α,β-unsaturated/α-hetero) is 2. The minimum atomic E-state index is -0.581. The van der Waals surface area contributed by atoms with Crippen molar-refractivity contribution in [1.82, 2.24) is 14.7 Å². The van der Waals surface area contributed by atoms with Crippen molar-refractivity contribution < 1.29 is 19.5 Å². The van der Waals surface area contributed by atoms with Crippen LogP contribution < -0.4 is 0 Å². The Hall–Kier alpha value is -1.31. The van der Waals surface area contributed by atoms with Gasteiger partial charge in [0.1, 0.15) is 11.6 Å². The maximum absolute atomic E-state index is 11.5. The fraction of sp³-hybridized carbons (Fsp3) is 0.912. The normalized spacial score (nSPS) is 29.0. The first-order valence-corrected chi connectivity index (χ1v) is 16.8. The van der Waals surface area contributed by atoms with E-state index >= 15 is 0 Å². The van der Waals surface area contributed by atoms with E-state index in [1.54, 1.807) is 0 Å². The summed E-state index contributed by atoms with van der Waals surface area (Å²) in [6.45, 7) is 20.4. The van der Waals surface area contributed by atoms with Gasteiger partial charge < -0.3 is 19.8 Å². The minimum Gasteiger partial charge on any atom is -0.481 e. The number of carbonyl (C=O) groups excluding carboxylic acids is 2. The van der Waals surface area contributed by atoms with E-state index in [1.165, 1.54) is 38.8 Å². The molecule has 3 spiro atoms. The number of ketones is 2. The zero-order chi connectivity index (χ0) is 30.0. The molecule has 1 unspecified atom stereocenters. The van der Waals surface area contributed by atoms with Gasteiger partial charge in [0.15, 0.2) is 0 Å². The molecule has 1 atom stereocenters. The molecule has 3 aliphatic heterocycles. The quantitative estimate of drug-likeness (QED) is 0.435. The standard InChI is InChI=1S/C13H21NO2.C11H19NO2.C10H19N/c1-10(2)14-5-3-13(4-6-14)8-11(15)7-12(16)9-13;1-8(2)12-5-3-11(4-6-12)7-9(11)10(13)14;1-9(2)11-7-5-10(3-4-10)6-8-11/h10H,3-9H2,1-2H3;8-9H,3-7H2,1-2H3,(H,13,14);9H,3-8H2,1-2H3. The fourth-order valence-electron chi connectivity index (χ4n) is 8.04. The van der Waals surface area contributed by atoms with Gasteiger partial charge in [-0.3, -0.25) is 14.4 Å². The number of rotatable bonds is 4. The van der Waals surface area contributed by atoms with Crippen LogP contribution in [-0.2, 0) is 14.4 Å². The molecule has 3 aliphatic carbocycles. The molecule has 7 nitrogen and oxygen atoms in total. The molecule has 41 heavy (non-hydrogen) atoms. The molecule has 6 rings (SSSR count). The molecule has 0 aromatic carbocycles. The average Bonchev–Trinajstić information content (AvgIpc) is 3.82. The largest absolute Gasteiger partial charge is 0.481 e. The number of carboxylic acid groups (broad SMARTS) is 1. The molecule has 7 heteroatoms. The number of likely N-dealkylation sites (tertiary alicyclic amines) is 3. The second-order valence-electron chi connectivity index (χ2n) is 15.5. The molecular weight excluding hydrogens is 514 g/mol. The molecule has 234 valence electrons. The second-order valence-corrected chi connectivity index (χ2v) is 15.5. The molecule has 0 aromatic rings. The molecular formula is C34H59N3O4. The highest BCUT2D eigenvalue weighted by Crippen LogP contribution is 2.59. The fourth-order valence-corrected chi connectivity index (χ4v) is 8.04. The van der Waals surface area contributed by atoms with Crippen molar-refractivity contribution >= 4 is 17.5 Å². The Labute approximate surface area is 249 Å². The maximum Gasteiger partial charge on any atom is 0.307 e. The van der Waals surface area contributed by atoms with Crippen LogP contribution in [-0.4, -0.2) is 94.7 Å². The molecule has 6 fully saturated rings. The van der Waals surface area contributed by atoms with E-state index in [2.05, 4.69) is 56.2 Å². The highest BCUT2D eigenvalue weighted by Gasteiger charge is 2.58. The van der Waals surface area contributed by atoms with Gasteiger partial charge in [0.05, 0.1) is 12.3 Å². The molecule has 1 N–H and O–H groups in total. The SMILES string of the molecule is CC(C)N1CCC2(CC1)CC(=O)CC(=O)C2.CC(C)N1CCC2(CC1)CC2.CC(C)N1CCC2(CC1)CC2C(=O)O. The van der Waals surface area contributed by atoms with E-state index in [-0.39, 0.29) is 34.7 Å². The van der Waals surface area contributed by atoms with Crippen molar-refractivity contribution in [1.29, 1.82) is 0 Å². The van der Waals surface area contributed by atoms with Gasteiger partial charge in [0, 0.05) is 31.0 Å². The Balaban J connectivity index is 0.000000144. The molecule has 3 saturated heterocycles. The second kappa shape index (κ2) is 13.1. The topological polar surface area (TPSA) is 81.2 Å². The van der Waals surface area contributed by atoms with Gasteiger partial charge in [-0.1, -0.05) is 0 Å². The van der Waals surface area contributed by atoms with Crippen molar-refractivity contribution in [2.75, 3.05) is 39.3 Å². The zero-order valence-corrected chi connectivity index (χ0v) is 27.1. The number of hydrogen-bond acceptors (Lipinski definition) is 6. The first-order chi connectivity index (χ1) is 19.3. The summed E-state index contributed by atoms with van der Waals surface area (Å²) in [4.78, 5) is 41.4. The lowest BCUT2D eigenvalue weighted by Gasteiger charge is -2.44. The third-order valence-electron chi connectivity index (χ3n) is 11.7. The first kappa shape index (κ1) is 32.6. The van der Waals surface area contributed by atoms with E-state index in [0.717, 1.165) is 69.7 Å². The smallest absolute Gasteiger partial charge is 0.307 e. The molecule has 0 bridgehead atoms. The molecule has 0 amide bonds. The number of carbonyl (C=O) groups is 3. The minimum absolute atomic E-state index is 0.0256. The van der Waals surface area contributed by atoms with Gasteiger partial charge in [-0.25, -0.2) is 0 Å². The Morgan fingerprint density at radius 2 is 1.00 bits per heavy atom. The predicted octanol–water partition coefficient (Wildman–Crippen LogP) is 5.65. The monoisotopic (exact) mass is 573 g/mol. The first-order valence-electron chi connectivity index (χ1n) is 16.8. The van der Waals surface area contributed by atoms with Gasteiger partial charge >= 0.3 is 5.97 Å². The van der Waals surface area contributed by atoms with Crippen molar-refractivity contribution in [2.24, 2.45) is 22.2 Å². The Morgan fingerprint density at radius 1 is 0.634 bits per heavy atom. The lowest BCUT2D eigenvalue weighted by Crippen LogP contribution is -2.46. The van der Waals surface area contributed by atoms with Crippen LogP contribution in [0.2, 0.25) is 0 Å². The summed E-state index contributed by atoms with van der Waals surface area (Å²) >= 11 is 0. The third-order valence-corrected chi connectivity index (χ3v) is 11.7. The van der Waals surface area contributed by atoms with E-state index in [9.17, 15) is 14.4 Å². The van der Waals surface area contributed by atoms with E-state index < -0.39 is 5.97 Å². The maximum atomic E-state index is 11.5. The van der Waals surface area contributed by atoms with Crippen molar-refractivity contribution in [2.45, 2.75) is 137 Å². The van der Waals surface area contributed by atoms with Gasteiger partial charge in [-0.2, -0.15) is 0 Å². The van der Waals surface area contributed by atoms with Crippen molar-refractivity contribution in [3.8, 4) is 0 Å². The summed E-state index contributed by atoms with van der Waals surface area (Å²) in [7, 11) is 0. The Bertz CT molecular complexity index is 896. The number of nitrogens with zero attached hydrogens (tertiary/aromatic N) is 3. The summed E-state index contributed by atoms with van der Waals surface area (Å²) < 4.78 is 0. The summed E-state index contributed by atoms with van der Waals surface area (Å²) in [6, 6.07) is 1.95. The van der Waals surface area contributed by atoms with Crippen LogP contribution >= 0.6 is 0 Å². The predicted molar refractivity (Wildman–Crippen MR) is 164 cm³/mol. The number of piperidine rings is 3. The van der Waals surface area contributed by atoms with Crippen LogP contribution in [0.1, 0.15) is 119 Å². The molecule has 3 heterocycles. The average molecular weight is 574 g/mol. The van der Waals surface area contributed by atoms with E-state index in [0.29, 0.717) is 24.9 Å². The summed E-state index contributed by atoms with van der Waals surface area (Å²) in [5, 5.41) is 8.93. The Kier molecular flexibility index (Phi) is 10.4. The molecule has 0 radical (unpaired) electrons. The highest BCUT2D eigenvalue weighted by molar-refractivity contribution is 6.02. The van der Waals surface area contributed by atoms with Gasteiger partial charge in [-0.05, 0) is 155 Å². The molecule has 6 aliphatic rings. The van der Waals surface area contributed by atoms with E-state index in [1.807, 2.05) is 0 Å². The zero-order valence-electron chi connectivity index (χ0n) is 27.1. The number of hydrogen-bond donors (Lipinski definition) is 1. The number of carboxylic acids is 1. The van der Waals surface area contributed by atoms with Crippen molar-refractivity contribution in [3.63, 3.8) is 0 Å². The van der Waals surface area contributed by atoms with Crippen LogP contribution in [0, 0.1) is 22.2 Å². The van der Waals surface area contributed by atoms with Crippen molar-refractivity contribution in [3.05, 3.63) is 0 Å². The van der Waals surface area contributed by atoms with Gasteiger partial charge in [-0.15, -0.1) is 0 Å². The van der Waals surface area contributed by atoms with Crippen LogP contribution in [0.5, 0.6) is 0 Å². The van der Waals surface area contributed by atoms with Crippen LogP contribution in [0.25, 0.3) is 0 Å². The van der Waals surface area contributed by atoms with Crippen LogP contribution in [0.15, 0.2) is 0 Å². The third kappa shape index (κ3) is 8.41. The molecule has 3 saturated carbocycles. The van der Waals surface area contributed by atoms with Gasteiger partial charge in [0.25, 0.3) is 0 Å². The van der Waals surface area contributed by atoms with Crippen LogP contribution in [0.3, 0.4) is 0 Å². The lowest BCUT2D eigenvalue weighted by atomic mass is 9.67. The summed E-state index contributed by atoms with van der Waals surface area (Å²) in [6.07, 6.45) is 12.6. The van der Waals surface area contributed by atoms with Gasteiger partial charge in [0.2, 0.25) is 0 Å². The summed E-state index contributed by atoms with van der Waals surface area (Å²) in [5.74, 6) is -0.289. The van der Waals surface area contributed by atoms with E-state index in [4.69, 9.17) is 5.11 Å². The summed E-state index contributed by atoms with van der Waals surface area (Å²) in [5.41, 5.74) is 1.07.